The van der Waals surface area contributed by atoms with Gasteiger partial charge in [-0.05, 0) is 37.8 Å². The number of halogens is 4. The van der Waals surface area contributed by atoms with E-state index in [1.807, 2.05) is 12.1 Å². The van der Waals surface area contributed by atoms with E-state index < -0.39 is 0 Å². The number of rotatable bonds is 14. The molecule has 1 atom stereocenters. The molecule has 40 heavy (non-hydrogen) atoms. The summed E-state index contributed by atoms with van der Waals surface area (Å²) >= 11 is 13.9. The number of unbranched alkanes of at least 4 members (excludes halogenated alkanes) is 1. The molecule has 0 aliphatic rings. The minimum absolute atomic E-state index is 0.293. The minimum Gasteiger partial charge on any atom is -0.496 e. The molecule has 4 nitrogen and oxygen atoms in total. The van der Waals surface area contributed by atoms with E-state index in [1.165, 1.54) is 12.8 Å². The molecule has 2 rings (SSSR count). The lowest BCUT2D eigenvalue weighted by atomic mass is 10.1. The number of terminal acetylenes is 1. The Morgan fingerprint density at radius 2 is 1.48 bits per heavy atom. The Kier molecular flexibility index (Phi) is 19.9. The second kappa shape index (κ2) is 21.9. The van der Waals surface area contributed by atoms with Crippen molar-refractivity contribution in [1.29, 1.82) is 0 Å². The number of hydrogen-bond acceptors (Lipinski definition) is 4. The standard InChI is InChI=1S/C16H24Br2O2.C16H12Br2O2/c1-4-6-7-14(5-2)20-16-9-12(10-17)15(19-3)8-13(16)11-18;1-3-5-9-19-15-13(11-17)7-8-14(12-18)16(15)20-10-6-4-2/h8-9,14H,4-7,10-11H2,1-3H3;1,7-8H,10-12H2,2H3. The fourth-order valence-corrected chi connectivity index (χ4v) is 5.28. The molecule has 0 amide bonds. The van der Waals surface area contributed by atoms with Crippen LogP contribution in [0.15, 0.2) is 24.3 Å². The summed E-state index contributed by atoms with van der Waals surface area (Å²) in [7, 11) is 1.70. The van der Waals surface area contributed by atoms with Crippen LogP contribution in [0.3, 0.4) is 0 Å². The fourth-order valence-electron chi connectivity index (χ4n) is 3.52. The first-order valence-corrected chi connectivity index (χ1v) is 17.4. The van der Waals surface area contributed by atoms with Gasteiger partial charge in [-0.25, -0.2) is 0 Å². The Hall–Kier alpha value is -1.76. The number of ether oxygens (including phenoxy) is 4. The van der Waals surface area contributed by atoms with Crippen molar-refractivity contribution in [3.63, 3.8) is 0 Å². The third kappa shape index (κ3) is 12.0. The van der Waals surface area contributed by atoms with Crippen molar-refractivity contribution in [3.05, 3.63) is 46.5 Å². The molecule has 0 aliphatic heterocycles. The summed E-state index contributed by atoms with van der Waals surface area (Å²) in [5, 5.41) is 2.80. The van der Waals surface area contributed by atoms with Crippen LogP contribution in [0.4, 0.5) is 0 Å². The lowest BCUT2D eigenvalue weighted by Gasteiger charge is -2.21. The van der Waals surface area contributed by atoms with Gasteiger partial charge in [0.2, 0.25) is 0 Å². The molecule has 2 aromatic rings. The van der Waals surface area contributed by atoms with E-state index in [9.17, 15) is 0 Å². The largest absolute Gasteiger partial charge is 0.496 e. The highest BCUT2D eigenvalue weighted by molar-refractivity contribution is 9.09. The van der Waals surface area contributed by atoms with E-state index in [1.54, 1.807) is 14.0 Å². The van der Waals surface area contributed by atoms with E-state index in [0.717, 1.165) is 57.3 Å². The van der Waals surface area contributed by atoms with Gasteiger partial charge in [0.25, 0.3) is 0 Å². The van der Waals surface area contributed by atoms with Crippen LogP contribution in [0.5, 0.6) is 23.0 Å². The van der Waals surface area contributed by atoms with E-state index in [0.29, 0.717) is 34.9 Å². The van der Waals surface area contributed by atoms with Crippen LogP contribution in [0, 0.1) is 36.2 Å². The molecule has 0 bridgehead atoms. The van der Waals surface area contributed by atoms with Crippen molar-refractivity contribution in [2.24, 2.45) is 0 Å². The zero-order valence-electron chi connectivity index (χ0n) is 23.5. The summed E-state index contributed by atoms with van der Waals surface area (Å²) in [6.45, 7) is 6.46. The molecule has 216 valence electrons. The van der Waals surface area contributed by atoms with Crippen LogP contribution >= 0.6 is 63.7 Å². The minimum atomic E-state index is 0.293. The lowest BCUT2D eigenvalue weighted by molar-refractivity contribution is 0.182. The van der Waals surface area contributed by atoms with Crippen LogP contribution in [0.25, 0.3) is 0 Å². The third-order valence-electron chi connectivity index (χ3n) is 5.69. The van der Waals surface area contributed by atoms with Crippen molar-refractivity contribution in [3.8, 4) is 59.2 Å². The van der Waals surface area contributed by atoms with Gasteiger partial charge in [-0.1, -0.05) is 108 Å². The lowest BCUT2D eigenvalue weighted by Crippen LogP contribution is -2.16. The highest BCUT2D eigenvalue weighted by atomic mass is 79.9. The SMILES string of the molecule is C#CC#COc1c(CBr)ccc(CBr)c1OCC#CC.CCCCC(CC)Oc1cc(CBr)c(OC)cc1CBr. The summed E-state index contributed by atoms with van der Waals surface area (Å²) in [4.78, 5) is 0. The molecular weight excluding hydrogens is 768 g/mol. The van der Waals surface area contributed by atoms with E-state index >= 15 is 0 Å². The highest BCUT2D eigenvalue weighted by Gasteiger charge is 2.16. The number of benzene rings is 2. The first-order valence-electron chi connectivity index (χ1n) is 12.9. The molecule has 0 N–H and O–H groups in total. The maximum absolute atomic E-state index is 6.22. The monoisotopic (exact) mass is 800 g/mol. The second-order valence-corrected chi connectivity index (χ2v) is 10.6. The second-order valence-electron chi connectivity index (χ2n) is 8.33. The number of alkyl halides is 4. The average molecular weight is 804 g/mol. The summed E-state index contributed by atoms with van der Waals surface area (Å²) in [5.74, 6) is 13.4. The highest BCUT2D eigenvalue weighted by Crippen LogP contribution is 2.37. The quantitative estimate of drug-likeness (QED) is 0.141. The van der Waals surface area contributed by atoms with Crippen LogP contribution < -0.4 is 18.9 Å². The molecule has 0 saturated carbocycles. The predicted molar refractivity (Wildman–Crippen MR) is 180 cm³/mol. The van der Waals surface area contributed by atoms with Gasteiger partial charge in [-0.3, -0.25) is 0 Å². The van der Waals surface area contributed by atoms with Crippen LogP contribution in [0.1, 0.15) is 68.7 Å². The van der Waals surface area contributed by atoms with E-state index in [2.05, 4.69) is 119 Å². The molecule has 0 radical (unpaired) electrons. The average Bonchev–Trinajstić information content (AvgIpc) is 2.99. The first-order chi connectivity index (χ1) is 19.5. The molecule has 2 aromatic carbocycles. The van der Waals surface area contributed by atoms with Gasteiger partial charge in [0, 0.05) is 49.5 Å². The summed E-state index contributed by atoms with van der Waals surface area (Å²) in [6.07, 6.45) is 12.4. The van der Waals surface area contributed by atoms with E-state index in [4.69, 9.17) is 25.4 Å². The Bertz CT molecular complexity index is 1220. The zero-order chi connectivity index (χ0) is 29.8. The summed E-state index contributed by atoms with van der Waals surface area (Å²) < 4.78 is 22.8. The molecular formula is C32H36Br4O4. The molecule has 0 aromatic heterocycles. The van der Waals surface area contributed by atoms with E-state index in [-0.39, 0.29) is 0 Å². The van der Waals surface area contributed by atoms with Crippen molar-refractivity contribution in [2.45, 2.75) is 73.9 Å². The topological polar surface area (TPSA) is 36.9 Å². The predicted octanol–water partition coefficient (Wildman–Crippen LogP) is 9.68. The number of methoxy groups -OCH3 is 1. The normalized spacial score (nSPS) is 10.4. The zero-order valence-corrected chi connectivity index (χ0v) is 29.8. The Morgan fingerprint density at radius 1 is 0.875 bits per heavy atom. The first kappa shape index (κ1) is 36.3. The fraction of sp³-hybridized carbons (Fsp3) is 0.438. The van der Waals surface area contributed by atoms with Gasteiger partial charge in [0.05, 0.1) is 13.2 Å². The smallest absolute Gasteiger partial charge is 0.186 e. The molecule has 0 heterocycles. The molecule has 0 spiro atoms. The molecule has 0 fully saturated rings. The van der Waals surface area contributed by atoms with Gasteiger partial charge in [0.1, 0.15) is 24.2 Å². The van der Waals surface area contributed by atoms with Crippen LogP contribution in [-0.2, 0) is 21.3 Å². The molecule has 8 heteroatoms. The van der Waals surface area contributed by atoms with Gasteiger partial charge in [0.15, 0.2) is 11.5 Å². The van der Waals surface area contributed by atoms with Gasteiger partial charge < -0.3 is 18.9 Å². The van der Waals surface area contributed by atoms with Gasteiger partial charge >= 0.3 is 0 Å². The molecule has 1 unspecified atom stereocenters. The van der Waals surface area contributed by atoms with Crippen molar-refractivity contribution < 1.29 is 18.9 Å². The Morgan fingerprint density at radius 3 is 2.00 bits per heavy atom. The van der Waals surface area contributed by atoms with Crippen LogP contribution in [0.2, 0.25) is 0 Å². The van der Waals surface area contributed by atoms with Crippen LogP contribution in [-0.4, -0.2) is 19.8 Å². The number of hydrogen-bond donors (Lipinski definition) is 0. The Labute approximate surface area is 274 Å². The molecule has 0 aliphatic carbocycles. The molecule has 0 saturated heterocycles. The summed E-state index contributed by atoms with van der Waals surface area (Å²) in [6, 6.07) is 8.09. The maximum atomic E-state index is 6.22. The van der Waals surface area contributed by atoms with Crippen molar-refractivity contribution >= 4 is 63.7 Å². The summed E-state index contributed by atoms with van der Waals surface area (Å²) in [5.41, 5.74) is 4.16. The van der Waals surface area contributed by atoms with Gasteiger partial charge in [-0.2, -0.15) is 0 Å². The maximum Gasteiger partial charge on any atom is 0.186 e. The Balaban J connectivity index is 0.000000400. The van der Waals surface area contributed by atoms with Crippen molar-refractivity contribution in [1.82, 2.24) is 0 Å². The van der Waals surface area contributed by atoms with Gasteiger partial charge in [-0.15, -0.1) is 12.3 Å². The third-order valence-corrected chi connectivity index (χ3v) is 8.10. The van der Waals surface area contributed by atoms with Crippen molar-refractivity contribution in [2.75, 3.05) is 13.7 Å².